The molecule has 1 N–H and O–H groups in total. The van der Waals surface area contributed by atoms with Gasteiger partial charge in [0.15, 0.2) is 11.5 Å². The Balaban J connectivity index is 1.67. The lowest BCUT2D eigenvalue weighted by Crippen LogP contribution is -2.50. The molecule has 2 amide bonds. The van der Waals surface area contributed by atoms with E-state index in [0.717, 1.165) is 5.56 Å². The van der Waals surface area contributed by atoms with E-state index >= 15 is 0 Å². The molecule has 0 saturated carbocycles. The fourth-order valence-electron chi connectivity index (χ4n) is 3.26. The second-order valence-corrected chi connectivity index (χ2v) is 6.67. The van der Waals surface area contributed by atoms with Crippen molar-refractivity contribution in [2.24, 2.45) is 0 Å². The van der Waals surface area contributed by atoms with Gasteiger partial charge in [-0.15, -0.1) is 0 Å². The molecule has 0 unspecified atom stereocenters. The topological polar surface area (TPSA) is 79.3 Å². The van der Waals surface area contributed by atoms with Gasteiger partial charge in [-0.2, -0.15) is 0 Å². The van der Waals surface area contributed by atoms with Crippen molar-refractivity contribution in [3.63, 3.8) is 0 Å². The lowest BCUT2D eigenvalue weighted by molar-refractivity contribution is 0.0533. The molecule has 0 aromatic heterocycles. The van der Waals surface area contributed by atoms with Gasteiger partial charge >= 0.3 is 0 Å². The van der Waals surface area contributed by atoms with Crippen LogP contribution in [0.4, 0.5) is 0 Å². The molecule has 28 heavy (non-hydrogen) atoms. The summed E-state index contributed by atoms with van der Waals surface area (Å²) in [6.45, 7) is 3.53. The van der Waals surface area contributed by atoms with Gasteiger partial charge in [-0.25, -0.2) is 0 Å². The number of benzene rings is 2. The number of piperazine rings is 1. The van der Waals surface area contributed by atoms with Crippen LogP contribution in [0.1, 0.15) is 26.3 Å². The van der Waals surface area contributed by atoms with Crippen LogP contribution >= 0.6 is 0 Å². The molecule has 7 heteroatoms. The smallest absolute Gasteiger partial charge is 0.257 e. The van der Waals surface area contributed by atoms with Crippen LogP contribution in [-0.2, 0) is 0 Å². The zero-order chi connectivity index (χ0) is 20.3. The molecular formula is C21H24N2O5. The van der Waals surface area contributed by atoms with Crippen molar-refractivity contribution < 1.29 is 24.2 Å². The molecule has 2 aromatic rings. The maximum atomic E-state index is 12.8. The molecule has 148 valence electrons. The Morgan fingerprint density at radius 1 is 0.857 bits per heavy atom. The summed E-state index contributed by atoms with van der Waals surface area (Å²) in [5.74, 6) is 0.690. The first-order chi connectivity index (χ1) is 13.4. The van der Waals surface area contributed by atoms with Gasteiger partial charge < -0.3 is 24.4 Å². The van der Waals surface area contributed by atoms with Crippen LogP contribution in [0.15, 0.2) is 36.4 Å². The molecule has 0 spiro atoms. The van der Waals surface area contributed by atoms with Crippen LogP contribution in [0.2, 0.25) is 0 Å². The Kier molecular flexibility index (Phi) is 5.73. The van der Waals surface area contributed by atoms with Crippen molar-refractivity contribution in [1.29, 1.82) is 0 Å². The monoisotopic (exact) mass is 384 g/mol. The van der Waals surface area contributed by atoms with Crippen molar-refractivity contribution in [2.45, 2.75) is 6.92 Å². The average molecular weight is 384 g/mol. The first-order valence-corrected chi connectivity index (χ1v) is 9.04. The van der Waals surface area contributed by atoms with Gasteiger partial charge in [0.2, 0.25) is 0 Å². The summed E-state index contributed by atoms with van der Waals surface area (Å²) in [5.41, 5.74) is 1.71. The average Bonchev–Trinajstić information content (AvgIpc) is 2.74. The van der Waals surface area contributed by atoms with Gasteiger partial charge in [-0.1, -0.05) is 11.6 Å². The highest BCUT2D eigenvalue weighted by atomic mass is 16.5. The molecule has 1 saturated heterocycles. The molecule has 1 aliphatic heterocycles. The van der Waals surface area contributed by atoms with Gasteiger partial charge in [0.25, 0.3) is 11.8 Å². The van der Waals surface area contributed by atoms with E-state index < -0.39 is 0 Å². The number of rotatable bonds is 4. The van der Waals surface area contributed by atoms with Crippen LogP contribution in [0.5, 0.6) is 17.2 Å². The summed E-state index contributed by atoms with van der Waals surface area (Å²) in [4.78, 5) is 28.9. The second-order valence-electron chi connectivity index (χ2n) is 6.67. The quantitative estimate of drug-likeness (QED) is 0.875. The Morgan fingerprint density at radius 2 is 1.46 bits per heavy atom. The first-order valence-electron chi connectivity index (χ1n) is 9.04. The fraction of sp³-hybridized carbons (Fsp3) is 0.333. The number of phenols is 1. The standard InChI is InChI=1S/C21H24N2O5/c1-14-4-6-17(24)16(12-14)21(26)23-10-8-22(9-11-23)20(25)15-5-7-18(27-2)19(13-15)28-3/h4-7,12-13,24H,8-11H2,1-3H3. The van der Waals surface area contributed by atoms with Gasteiger partial charge in [0, 0.05) is 31.7 Å². The SMILES string of the molecule is COc1ccc(C(=O)N2CCN(C(=O)c3cc(C)ccc3O)CC2)cc1OC. The van der Waals surface area contributed by atoms with Crippen LogP contribution in [-0.4, -0.2) is 67.1 Å². The predicted octanol–water partition coefficient (Wildman–Crippen LogP) is 2.32. The van der Waals surface area contributed by atoms with Crippen LogP contribution < -0.4 is 9.47 Å². The predicted molar refractivity (Wildman–Crippen MR) is 104 cm³/mol. The number of carbonyl (C=O) groups is 2. The van der Waals surface area contributed by atoms with Crippen molar-refractivity contribution in [2.75, 3.05) is 40.4 Å². The highest BCUT2D eigenvalue weighted by Gasteiger charge is 2.27. The van der Waals surface area contributed by atoms with E-state index in [1.165, 1.54) is 13.2 Å². The minimum absolute atomic E-state index is 0.0283. The molecular weight excluding hydrogens is 360 g/mol. The summed E-state index contributed by atoms with van der Waals surface area (Å²) < 4.78 is 10.5. The molecule has 0 radical (unpaired) electrons. The summed E-state index contributed by atoms with van der Waals surface area (Å²) in [6.07, 6.45) is 0. The maximum Gasteiger partial charge on any atom is 0.257 e. The van der Waals surface area contributed by atoms with E-state index in [9.17, 15) is 14.7 Å². The number of nitrogens with zero attached hydrogens (tertiary/aromatic N) is 2. The number of hydrogen-bond acceptors (Lipinski definition) is 5. The Bertz CT molecular complexity index is 888. The van der Waals surface area contributed by atoms with Gasteiger partial charge in [0.05, 0.1) is 19.8 Å². The van der Waals surface area contributed by atoms with Crippen molar-refractivity contribution in [3.8, 4) is 17.2 Å². The van der Waals surface area contributed by atoms with Gasteiger partial charge in [-0.3, -0.25) is 9.59 Å². The number of phenolic OH excluding ortho intramolecular Hbond substituents is 1. The summed E-state index contributed by atoms with van der Waals surface area (Å²) in [5, 5.41) is 9.98. The third-order valence-corrected chi connectivity index (χ3v) is 4.87. The molecule has 0 atom stereocenters. The van der Waals surface area contributed by atoms with Crippen LogP contribution in [0, 0.1) is 6.92 Å². The van der Waals surface area contributed by atoms with E-state index in [0.29, 0.717) is 48.8 Å². The molecule has 1 aliphatic rings. The summed E-state index contributed by atoms with van der Waals surface area (Å²) >= 11 is 0. The lowest BCUT2D eigenvalue weighted by Gasteiger charge is -2.35. The fourth-order valence-corrected chi connectivity index (χ4v) is 3.26. The molecule has 0 aliphatic carbocycles. The Morgan fingerprint density at radius 3 is 2.07 bits per heavy atom. The number of methoxy groups -OCH3 is 2. The van der Waals surface area contributed by atoms with Crippen LogP contribution in [0.25, 0.3) is 0 Å². The maximum absolute atomic E-state index is 12.8. The molecule has 0 bridgehead atoms. The number of hydrogen-bond donors (Lipinski definition) is 1. The number of aromatic hydroxyl groups is 1. The van der Waals surface area contributed by atoms with Crippen molar-refractivity contribution in [1.82, 2.24) is 9.80 Å². The summed E-state index contributed by atoms with van der Waals surface area (Å²) in [7, 11) is 3.07. The minimum atomic E-state index is -0.223. The third-order valence-electron chi connectivity index (χ3n) is 4.87. The molecule has 1 heterocycles. The second kappa shape index (κ2) is 8.21. The van der Waals surface area contributed by atoms with E-state index in [4.69, 9.17) is 9.47 Å². The Labute approximate surface area is 164 Å². The molecule has 1 fully saturated rings. The number of ether oxygens (including phenoxy) is 2. The first kappa shape index (κ1) is 19.5. The number of aryl methyl sites for hydroxylation is 1. The highest BCUT2D eigenvalue weighted by molar-refractivity contribution is 5.98. The van der Waals surface area contributed by atoms with E-state index in [1.807, 2.05) is 6.92 Å². The molecule has 2 aromatic carbocycles. The minimum Gasteiger partial charge on any atom is -0.507 e. The molecule has 7 nitrogen and oxygen atoms in total. The Hall–Kier alpha value is -3.22. The van der Waals surface area contributed by atoms with Gasteiger partial charge in [0.1, 0.15) is 5.75 Å². The van der Waals surface area contributed by atoms with Crippen molar-refractivity contribution >= 4 is 11.8 Å². The number of carbonyl (C=O) groups excluding carboxylic acids is 2. The third kappa shape index (κ3) is 3.88. The highest BCUT2D eigenvalue weighted by Crippen LogP contribution is 2.28. The zero-order valence-corrected chi connectivity index (χ0v) is 16.3. The van der Waals surface area contributed by atoms with Gasteiger partial charge in [-0.05, 0) is 37.3 Å². The van der Waals surface area contributed by atoms with E-state index in [2.05, 4.69) is 0 Å². The summed E-state index contributed by atoms with van der Waals surface area (Å²) in [6, 6.07) is 10.0. The van der Waals surface area contributed by atoms with E-state index in [1.54, 1.807) is 47.2 Å². The van der Waals surface area contributed by atoms with E-state index in [-0.39, 0.29) is 17.6 Å². The lowest BCUT2D eigenvalue weighted by atomic mass is 10.1. The molecule has 3 rings (SSSR count). The van der Waals surface area contributed by atoms with Crippen LogP contribution in [0.3, 0.4) is 0 Å². The number of amides is 2. The zero-order valence-electron chi connectivity index (χ0n) is 16.3. The van der Waals surface area contributed by atoms with Crippen molar-refractivity contribution in [3.05, 3.63) is 53.1 Å². The largest absolute Gasteiger partial charge is 0.507 e. The normalized spacial score (nSPS) is 14.0.